The molecule has 0 unspecified atom stereocenters. The van der Waals surface area contributed by atoms with Crippen LogP contribution >= 0.6 is 34.5 Å². The van der Waals surface area contributed by atoms with Crippen molar-refractivity contribution < 1.29 is 8.42 Å². The van der Waals surface area contributed by atoms with Crippen LogP contribution in [0.3, 0.4) is 0 Å². The van der Waals surface area contributed by atoms with Gasteiger partial charge in [-0.1, -0.05) is 25.4 Å². The van der Waals surface area contributed by atoms with Gasteiger partial charge in [0.05, 0.1) is 4.34 Å². The van der Waals surface area contributed by atoms with Crippen LogP contribution < -0.4 is 4.72 Å². The summed E-state index contributed by atoms with van der Waals surface area (Å²) in [6.45, 7) is 6.18. The highest BCUT2D eigenvalue weighted by Crippen LogP contribution is 2.31. The van der Waals surface area contributed by atoms with E-state index in [2.05, 4.69) is 4.72 Å². The Bertz CT molecular complexity index is 494. The zero-order chi connectivity index (χ0) is 14.7. The van der Waals surface area contributed by atoms with E-state index in [9.17, 15) is 8.42 Å². The Morgan fingerprint density at radius 1 is 1.37 bits per heavy atom. The molecule has 0 atom stereocenters. The maximum atomic E-state index is 12.2. The lowest BCUT2D eigenvalue weighted by Crippen LogP contribution is -2.38. The van der Waals surface area contributed by atoms with Gasteiger partial charge in [-0.15, -0.1) is 22.9 Å². The normalized spacial score (nSPS) is 12.9. The van der Waals surface area contributed by atoms with E-state index in [1.807, 2.05) is 13.8 Å². The van der Waals surface area contributed by atoms with E-state index in [1.54, 1.807) is 13.0 Å². The summed E-state index contributed by atoms with van der Waals surface area (Å²) in [5.41, 5.74) is 0.590. The molecule has 0 bridgehead atoms. The summed E-state index contributed by atoms with van der Waals surface area (Å²) in [4.78, 5) is 0. The molecule has 19 heavy (non-hydrogen) atoms. The average molecular weight is 344 g/mol. The number of rotatable bonds is 7. The molecule has 7 heteroatoms. The van der Waals surface area contributed by atoms with Crippen LogP contribution in [-0.4, -0.2) is 20.8 Å². The van der Waals surface area contributed by atoms with Gasteiger partial charge in [-0.05, 0) is 36.8 Å². The van der Waals surface area contributed by atoms with Crippen LogP contribution in [0.4, 0.5) is 0 Å². The maximum absolute atomic E-state index is 12.2. The topological polar surface area (TPSA) is 46.2 Å². The van der Waals surface area contributed by atoms with Crippen LogP contribution in [-0.2, 0) is 10.0 Å². The smallest absolute Gasteiger partial charge is 0.210 e. The van der Waals surface area contributed by atoms with Crippen LogP contribution in [0.15, 0.2) is 10.3 Å². The molecule has 3 nitrogen and oxygen atoms in total. The van der Waals surface area contributed by atoms with Crippen molar-refractivity contribution in [1.82, 2.24) is 4.72 Å². The van der Waals surface area contributed by atoms with Crippen molar-refractivity contribution in [1.29, 1.82) is 0 Å². The van der Waals surface area contributed by atoms with Crippen molar-refractivity contribution in [2.45, 2.75) is 37.8 Å². The number of aryl methyl sites for hydroxylation is 1. The van der Waals surface area contributed by atoms with E-state index in [1.165, 1.54) is 0 Å². The number of thiophene rings is 1. The summed E-state index contributed by atoms with van der Waals surface area (Å²) in [5.74, 6) is 0.437. The zero-order valence-electron chi connectivity index (χ0n) is 11.3. The monoisotopic (exact) mass is 343 g/mol. The molecule has 0 aromatic carbocycles. The number of sulfonamides is 1. The van der Waals surface area contributed by atoms with E-state index < -0.39 is 10.0 Å². The first-order valence-corrected chi connectivity index (χ1v) is 9.33. The van der Waals surface area contributed by atoms with Crippen molar-refractivity contribution >= 4 is 44.6 Å². The maximum Gasteiger partial charge on any atom is 0.250 e. The molecule has 0 amide bonds. The van der Waals surface area contributed by atoms with Gasteiger partial charge < -0.3 is 0 Å². The number of hydrogen-bond donors (Lipinski definition) is 1. The number of halogens is 2. The first-order chi connectivity index (χ1) is 8.80. The molecule has 1 aromatic heterocycles. The van der Waals surface area contributed by atoms with Gasteiger partial charge in [-0.25, -0.2) is 13.1 Å². The van der Waals surface area contributed by atoms with Crippen LogP contribution in [0.1, 0.15) is 32.3 Å². The third-order valence-corrected chi connectivity index (χ3v) is 7.52. The largest absolute Gasteiger partial charge is 0.250 e. The summed E-state index contributed by atoms with van der Waals surface area (Å²) in [7, 11) is -3.50. The van der Waals surface area contributed by atoms with Crippen molar-refractivity contribution in [3.05, 3.63) is 16.0 Å². The average Bonchev–Trinajstić information content (AvgIpc) is 2.73. The Morgan fingerprint density at radius 3 is 2.32 bits per heavy atom. The van der Waals surface area contributed by atoms with Gasteiger partial charge >= 0.3 is 0 Å². The Balaban J connectivity index is 2.86. The predicted octanol–water partition coefficient (Wildman–Crippen LogP) is 4.03. The van der Waals surface area contributed by atoms with Crippen LogP contribution in [0.25, 0.3) is 0 Å². The van der Waals surface area contributed by atoms with E-state index in [0.717, 1.165) is 29.7 Å². The molecule has 0 saturated carbocycles. The van der Waals surface area contributed by atoms with E-state index in [0.29, 0.717) is 16.8 Å². The Kier molecular flexibility index (Phi) is 6.14. The van der Waals surface area contributed by atoms with Gasteiger partial charge in [0, 0.05) is 12.4 Å². The molecule has 0 aliphatic heterocycles. The molecule has 1 rings (SSSR count). The Labute approximate surface area is 129 Å². The Hall–Kier alpha value is 0.190. The first kappa shape index (κ1) is 17.2. The van der Waals surface area contributed by atoms with Gasteiger partial charge in [0.2, 0.25) is 10.0 Å². The highest BCUT2D eigenvalue weighted by molar-refractivity contribution is 7.91. The summed E-state index contributed by atoms with van der Waals surface area (Å²) < 4.78 is 27.8. The fourth-order valence-electron chi connectivity index (χ4n) is 1.62. The molecule has 0 aliphatic carbocycles. The summed E-state index contributed by atoms with van der Waals surface area (Å²) in [6, 6.07) is 1.59. The quantitative estimate of drug-likeness (QED) is 0.759. The minimum absolute atomic E-state index is 0.190. The molecule has 1 aromatic rings. The number of nitrogens with one attached hydrogen (secondary N) is 1. The lowest BCUT2D eigenvalue weighted by molar-refractivity contribution is 0.305. The van der Waals surface area contributed by atoms with Crippen LogP contribution in [0.2, 0.25) is 4.34 Å². The standard InChI is InChI=1S/C12H19Cl2NO2S2/c1-4-12(5-2,7-13)8-15-19(16,17)10-6-9(3)11(14)18-10/h6,15H,4-5,7-8H2,1-3H3. The highest BCUT2D eigenvalue weighted by Gasteiger charge is 2.28. The molecule has 0 radical (unpaired) electrons. The molecular weight excluding hydrogens is 325 g/mol. The second-order valence-electron chi connectivity index (χ2n) is 4.69. The van der Waals surface area contributed by atoms with E-state index >= 15 is 0 Å². The van der Waals surface area contributed by atoms with Gasteiger partial charge in [-0.2, -0.15) is 0 Å². The fraction of sp³-hybridized carbons (Fsp3) is 0.667. The minimum atomic E-state index is -3.50. The molecule has 1 N–H and O–H groups in total. The second kappa shape index (κ2) is 6.76. The molecule has 0 spiro atoms. The fourth-order valence-corrected chi connectivity index (χ4v) is 5.00. The molecule has 1 heterocycles. The molecule has 0 saturated heterocycles. The zero-order valence-corrected chi connectivity index (χ0v) is 14.4. The number of alkyl halides is 1. The van der Waals surface area contributed by atoms with E-state index in [-0.39, 0.29) is 9.62 Å². The third kappa shape index (κ3) is 4.08. The third-order valence-electron chi connectivity index (χ3n) is 3.52. The van der Waals surface area contributed by atoms with Crippen LogP contribution in [0, 0.1) is 12.3 Å². The van der Waals surface area contributed by atoms with Gasteiger partial charge in [0.1, 0.15) is 4.21 Å². The molecule has 110 valence electrons. The highest BCUT2D eigenvalue weighted by atomic mass is 35.5. The van der Waals surface area contributed by atoms with Crippen LogP contribution in [0.5, 0.6) is 0 Å². The van der Waals surface area contributed by atoms with Crippen molar-refractivity contribution in [3.63, 3.8) is 0 Å². The molecule has 0 aliphatic rings. The van der Waals surface area contributed by atoms with Gasteiger partial charge in [0.15, 0.2) is 0 Å². The second-order valence-corrected chi connectivity index (χ2v) is 8.60. The summed E-state index contributed by atoms with van der Waals surface area (Å²) in [6.07, 6.45) is 1.67. The molecular formula is C12H19Cl2NO2S2. The molecule has 0 fully saturated rings. The van der Waals surface area contributed by atoms with Crippen molar-refractivity contribution in [2.24, 2.45) is 5.41 Å². The minimum Gasteiger partial charge on any atom is -0.210 e. The number of hydrogen-bond acceptors (Lipinski definition) is 3. The SMILES string of the molecule is CCC(CC)(CCl)CNS(=O)(=O)c1cc(C)c(Cl)s1. The lowest BCUT2D eigenvalue weighted by Gasteiger charge is -2.29. The first-order valence-electron chi connectivity index (χ1n) is 6.12. The van der Waals surface area contributed by atoms with E-state index in [4.69, 9.17) is 23.2 Å². The van der Waals surface area contributed by atoms with Crippen molar-refractivity contribution in [2.75, 3.05) is 12.4 Å². The summed E-state index contributed by atoms with van der Waals surface area (Å²) in [5, 5.41) is 0. The van der Waals surface area contributed by atoms with Gasteiger partial charge in [-0.3, -0.25) is 0 Å². The van der Waals surface area contributed by atoms with Gasteiger partial charge in [0.25, 0.3) is 0 Å². The Morgan fingerprint density at radius 2 is 1.95 bits per heavy atom. The van der Waals surface area contributed by atoms with Crippen molar-refractivity contribution in [3.8, 4) is 0 Å². The lowest BCUT2D eigenvalue weighted by atomic mass is 9.85. The predicted molar refractivity (Wildman–Crippen MR) is 83.0 cm³/mol. The summed E-state index contributed by atoms with van der Waals surface area (Å²) >= 11 is 13.0.